The number of hydrogen-bond acceptors (Lipinski definition) is 4. The third-order valence-electron chi connectivity index (χ3n) is 2.71. The van der Waals surface area contributed by atoms with E-state index >= 15 is 0 Å². The molecule has 0 saturated heterocycles. The first kappa shape index (κ1) is 14.9. The van der Waals surface area contributed by atoms with E-state index in [1.54, 1.807) is 30.6 Å². The third kappa shape index (κ3) is 3.55. The van der Waals surface area contributed by atoms with Crippen molar-refractivity contribution in [2.45, 2.75) is 18.0 Å². The van der Waals surface area contributed by atoms with E-state index in [1.807, 2.05) is 0 Å². The van der Waals surface area contributed by atoms with E-state index in [-0.39, 0.29) is 23.0 Å². The lowest BCUT2D eigenvalue weighted by Crippen LogP contribution is -2.23. The van der Waals surface area contributed by atoms with Crippen molar-refractivity contribution in [1.82, 2.24) is 9.71 Å². The van der Waals surface area contributed by atoms with Gasteiger partial charge in [0.15, 0.2) is 0 Å². The van der Waals surface area contributed by atoms with Gasteiger partial charge in [-0.25, -0.2) is 13.1 Å². The number of hydrogen-bond donors (Lipinski definition) is 2. The minimum absolute atomic E-state index is 0.0333. The number of rotatable bonds is 5. The van der Waals surface area contributed by atoms with Crippen molar-refractivity contribution in [2.24, 2.45) is 5.73 Å². The van der Waals surface area contributed by atoms with E-state index in [9.17, 15) is 8.42 Å². The number of sulfonamides is 1. The number of nitrogens with zero attached hydrogens (tertiary/aromatic N) is 1. The Labute approximate surface area is 122 Å². The number of aromatic nitrogens is 1. The van der Waals surface area contributed by atoms with Crippen molar-refractivity contribution in [2.75, 3.05) is 0 Å². The molecule has 0 fully saturated rings. The minimum atomic E-state index is -3.69. The van der Waals surface area contributed by atoms with E-state index in [0.717, 1.165) is 5.56 Å². The van der Waals surface area contributed by atoms with Crippen molar-refractivity contribution < 1.29 is 8.42 Å². The lowest BCUT2D eigenvalue weighted by molar-refractivity contribution is 0.581. The molecule has 106 valence electrons. The van der Waals surface area contributed by atoms with Crippen LogP contribution in [0.15, 0.2) is 47.6 Å². The lowest BCUT2D eigenvalue weighted by Gasteiger charge is -2.09. The summed E-state index contributed by atoms with van der Waals surface area (Å²) < 4.78 is 27.0. The standard InChI is InChI=1S/C13H14ClN3O2S/c14-12-4-3-10(7-15)6-13(12)20(18,19)17-9-11-2-1-5-16-8-11/h1-6,8,17H,7,9,15H2. The lowest BCUT2D eigenvalue weighted by atomic mass is 10.2. The average Bonchev–Trinajstić information content (AvgIpc) is 2.47. The van der Waals surface area contributed by atoms with Crippen LogP contribution in [0.25, 0.3) is 0 Å². The van der Waals surface area contributed by atoms with Gasteiger partial charge in [-0.2, -0.15) is 0 Å². The predicted molar refractivity (Wildman–Crippen MR) is 77.6 cm³/mol. The maximum absolute atomic E-state index is 12.2. The molecule has 7 heteroatoms. The first-order chi connectivity index (χ1) is 9.53. The molecule has 1 aromatic carbocycles. The molecule has 0 radical (unpaired) electrons. The fraction of sp³-hybridized carbons (Fsp3) is 0.154. The van der Waals surface area contributed by atoms with Gasteiger partial charge in [0.05, 0.1) is 5.02 Å². The van der Waals surface area contributed by atoms with Gasteiger partial charge in [-0.15, -0.1) is 0 Å². The topological polar surface area (TPSA) is 85.1 Å². The summed E-state index contributed by atoms with van der Waals surface area (Å²) in [6.07, 6.45) is 3.22. The van der Waals surface area contributed by atoms with Crippen LogP contribution in [0.4, 0.5) is 0 Å². The summed E-state index contributed by atoms with van der Waals surface area (Å²) in [6, 6.07) is 8.23. The minimum Gasteiger partial charge on any atom is -0.326 e. The molecule has 0 unspecified atom stereocenters. The summed E-state index contributed by atoms with van der Waals surface area (Å²) in [4.78, 5) is 3.96. The zero-order valence-corrected chi connectivity index (χ0v) is 12.2. The molecule has 0 aliphatic heterocycles. The zero-order valence-electron chi connectivity index (χ0n) is 10.6. The molecule has 3 N–H and O–H groups in total. The number of nitrogens with one attached hydrogen (secondary N) is 1. The molecule has 0 amide bonds. The Balaban J connectivity index is 2.22. The van der Waals surface area contributed by atoms with Crippen molar-refractivity contribution in [3.63, 3.8) is 0 Å². The van der Waals surface area contributed by atoms with Crippen LogP contribution < -0.4 is 10.5 Å². The maximum Gasteiger partial charge on any atom is 0.242 e. The molecule has 20 heavy (non-hydrogen) atoms. The Morgan fingerprint density at radius 1 is 1.25 bits per heavy atom. The Hall–Kier alpha value is -1.47. The third-order valence-corrected chi connectivity index (χ3v) is 4.59. The van der Waals surface area contributed by atoms with Crippen LogP contribution in [0.2, 0.25) is 5.02 Å². The average molecular weight is 312 g/mol. The molecule has 2 rings (SSSR count). The predicted octanol–water partition coefficient (Wildman–Crippen LogP) is 1.67. The molecule has 0 atom stereocenters. The normalized spacial score (nSPS) is 11.5. The van der Waals surface area contributed by atoms with Crippen LogP contribution in [0.1, 0.15) is 11.1 Å². The van der Waals surface area contributed by atoms with E-state index in [2.05, 4.69) is 9.71 Å². The van der Waals surface area contributed by atoms with Gasteiger partial charge in [-0.05, 0) is 29.3 Å². The smallest absolute Gasteiger partial charge is 0.242 e. The second-order valence-electron chi connectivity index (χ2n) is 4.15. The highest BCUT2D eigenvalue weighted by Gasteiger charge is 2.18. The Kier molecular flexibility index (Phi) is 4.72. The first-order valence-electron chi connectivity index (χ1n) is 5.90. The summed E-state index contributed by atoms with van der Waals surface area (Å²) in [7, 11) is -3.69. The molecule has 0 saturated carbocycles. The number of nitrogens with two attached hydrogens (primary N) is 1. The van der Waals surface area contributed by atoms with Crippen LogP contribution in [-0.2, 0) is 23.1 Å². The molecule has 0 spiro atoms. The van der Waals surface area contributed by atoms with Crippen molar-refractivity contribution in [1.29, 1.82) is 0 Å². The van der Waals surface area contributed by atoms with E-state index < -0.39 is 10.0 Å². The highest BCUT2D eigenvalue weighted by atomic mass is 35.5. The molecule has 0 aliphatic carbocycles. The molecule has 1 aromatic heterocycles. The van der Waals surface area contributed by atoms with Crippen LogP contribution in [0.3, 0.4) is 0 Å². The Morgan fingerprint density at radius 3 is 2.70 bits per heavy atom. The Bertz CT molecular complexity index is 690. The van der Waals surface area contributed by atoms with Gasteiger partial charge in [0.1, 0.15) is 4.90 Å². The first-order valence-corrected chi connectivity index (χ1v) is 7.76. The SMILES string of the molecule is NCc1ccc(Cl)c(S(=O)(=O)NCc2cccnc2)c1. The summed E-state index contributed by atoms with van der Waals surface area (Å²) in [5, 5.41) is 0.167. The summed E-state index contributed by atoms with van der Waals surface area (Å²) in [5.74, 6) is 0. The van der Waals surface area contributed by atoms with E-state index in [4.69, 9.17) is 17.3 Å². The van der Waals surface area contributed by atoms with E-state index in [1.165, 1.54) is 12.1 Å². The summed E-state index contributed by atoms with van der Waals surface area (Å²) >= 11 is 5.95. The molecule has 1 heterocycles. The summed E-state index contributed by atoms with van der Waals surface area (Å²) in [5.41, 5.74) is 6.98. The van der Waals surface area contributed by atoms with Gasteiger partial charge in [0.25, 0.3) is 0 Å². The van der Waals surface area contributed by atoms with Crippen molar-refractivity contribution in [3.8, 4) is 0 Å². The van der Waals surface area contributed by atoms with Crippen LogP contribution in [0.5, 0.6) is 0 Å². The zero-order chi connectivity index (χ0) is 14.6. The van der Waals surface area contributed by atoms with Crippen molar-refractivity contribution >= 4 is 21.6 Å². The van der Waals surface area contributed by atoms with Crippen LogP contribution >= 0.6 is 11.6 Å². The quantitative estimate of drug-likeness (QED) is 0.879. The van der Waals surface area contributed by atoms with Crippen LogP contribution in [-0.4, -0.2) is 13.4 Å². The second kappa shape index (κ2) is 6.32. The van der Waals surface area contributed by atoms with Gasteiger partial charge in [-0.3, -0.25) is 4.98 Å². The molecule has 5 nitrogen and oxygen atoms in total. The molecular formula is C13H14ClN3O2S. The fourth-order valence-electron chi connectivity index (χ4n) is 1.64. The summed E-state index contributed by atoms with van der Waals surface area (Å²) in [6.45, 7) is 0.404. The van der Waals surface area contributed by atoms with Crippen LogP contribution in [0, 0.1) is 0 Å². The molecular weight excluding hydrogens is 298 g/mol. The highest BCUT2D eigenvalue weighted by Crippen LogP contribution is 2.22. The van der Waals surface area contributed by atoms with Crippen molar-refractivity contribution in [3.05, 3.63) is 58.9 Å². The Morgan fingerprint density at radius 2 is 2.05 bits per heavy atom. The van der Waals surface area contributed by atoms with Gasteiger partial charge < -0.3 is 5.73 Å². The molecule has 0 aliphatic rings. The number of pyridine rings is 1. The number of benzene rings is 1. The molecule has 2 aromatic rings. The number of halogens is 1. The highest BCUT2D eigenvalue weighted by molar-refractivity contribution is 7.89. The largest absolute Gasteiger partial charge is 0.326 e. The van der Waals surface area contributed by atoms with Gasteiger partial charge in [-0.1, -0.05) is 23.7 Å². The molecule has 0 bridgehead atoms. The van der Waals surface area contributed by atoms with Gasteiger partial charge in [0.2, 0.25) is 10.0 Å². The monoisotopic (exact) mass is 311 g/mol. The van der Waals surface area contributed by atoms with Gasteiger partial charge >= 0.3 is 0 Å². The second-order valence-corrected chi connectivity index (χ2v) is 6.30. The maximum atomic E-state index is 12.2. The van der Waals surface area contributed by atoms with E-state index in [0.29, 0.717) is 5.56 Å². The van der Waals surface area contributed by atoms with Gasteiger partial charge in [0, 0.05) is 25.5 Å². The fourth-order valence-corrected chi connectivity index (χ4v) is 3.21.